The standard InChI is InChI=1S/C37H55N3O9/c1-23(27(5)40(46)47)18-14-12-15-19-24(2)32(42)35(8,9)34(44)38-21-17-13-16-20-30(41)25(3)22-31(48-11)37(45)26(4)33(43)39(10)36(37)28(6)49-29(36)7/h12-20,25-26,29-32,41-42,45H,6,21-22H2,1-5,7-11H3,(H,38,44)/b15-12-,17-13+,18-14+,20-16+,24-19-,27-23+. The number of aliphatic hydroxyl groups is 3. The van der Waals surface area contributed by atoms with Crippen LogP contribution in [0.3, 0.4) is 0 Å². The zero-order valence-corrected chi connectivity index (χ0v) is 30.5. The average Bonchev–Trinajstić information content (AvgIpc) is 3.22. The van der Waals surface area contributed by atoms with E-state index >= 15 is 0 Å². The van der Waals surface area contributed by atoms with Crippen molar-refractivity contribution < 1.29 is 39.3 Å². The molecule has 0 bridgehead atoms. The molecule has 2 saturated heterocycles. The van der Waals surface area contributed by atoms with Crippen LogP contribution in [0.1, 0.15) is 61.8 Å². The van der Waals surface area contributed by atoms with Crippen LogP contribution in [-0.4, -0.2) is 93.2 Å². The number of nitrogens with zero attached hydrogens (tertiary/aromatic N) is 2. The first-order valence-electron chi connectivity index (χ1n) is 16.4. The second-order valence-electron chi connectivity index (χ2n) is 13.6. The van der Waals surface area contributed by atoms with Crippen LogP contribution >= 0.6 is 0 Å². The number of ether oxygens (including phenoxy) is 2. The van der Waals surface area contributed by atoms with Crippen LogP contribution in [0.2, 0.25) is 0 Å². The zero-order chi connectivity index (χ0) is 37.5. The van der Waals surface area contributed by atoms with E-state index in [1.54, 1.807) is 103 Å². The molecule has 0 aliphatic carbocycles. The molecule has 0 aromatic heterocycles. The van der Waals surface area contributed by atoms with Gasteiger partial charge in [0.15, 0.2) is 5.54 Å². The molecule has 2 fully saturated rings. The van der Waals surface area contributed by atoms with Crippen molar-refractivity contribution >= 4 is 11.8 Å². The maximum absolute atomic E-state index is 13.0. The van der Waals surface area contributed by atoms with E-state index < -0.39 is 51.8 Å². The van der Waals surface area contributed by atoms with Gasteiger partial charge in [-0.15, -0.1) is 0 Å². The maximum atomic E-state index is 13.0. The van der Waals surface area contributed by atoms with Gasteiger partial charge in [-0.3, -0.25) is 19.7 Å². The highest BCUT2D eigenvalue weighted by Gasteiger charge is 2.77. The quantitative estimate of drug-likeness (QED) is 0.106. The molecule has 49 heavy (non-hydrogen) atoms. The molecule has 8 unspecified atom stereocenters. The Morgan fingerprint density at radius 1 is 1.18 bits per heavy atom. The summed E-state index contributed by atoms with van der Waals surface area (Å²) < 4.78 is 11.4. The third kappa shape index (κ3) is 8.15. The van der Waals surface area contributed by atoms with Gasteiger partial charge in [-0.05, 0) is 52.5 Å². The third-order valence-corrected chi connectivity index (χ3v) is 10.2. The van der Waals surface area contributed by atoms with E-state index in [1.807, 2.05) is 6.92 Å². The van der Waals surface area contributed by atoms with Gasteiger partial charge < -0.3 is 35.0 Å². The molecule has 0 saturated carbocycles. The van der Waals surface area contributed by atoms with Crippen LogP contribution in [-0.2, 0) is 19.1 Å². The number of allylic oxidation sites excluding steroid dienone is 9. The van der Waals surface area contributed by atoms with Crippen LogP contribution in [0.4, 0.5) is 0 Å². The summed E-state index contributed by atoms with van der Waals surface area (Å²) in [4.78, 5) is 37.8. The van der Waals surface area contributed by atoms with Crippen molar-refractivity contribution in [2.75, 3.05) is 20.7 Å². The first kappa shape index (κ1) is 41.3. The van der Waals surface area contributed by atoms with Gasteiger partial charge in [0, 0.05) is 33.2 Å². The fraction of sp³-hybridized carbons (Fsp3) is 0.568. The van der Waals surface area contributed by atoms with Crippen LogP contribution in [0.15, 0.2) is 83.9 Å². The van der Waals surface area contributed by atoms with Gasteiger partial charge in [0.1, 0.15) is 17.5 Å². The lowest BCUT2D eigenvalue weighted by molar-refractivity contribution is -0.425. The third-order valence-electron chi connectivity index (χ3n) is 10.2. The Bertz CT molecular complexity index is 1440. The molecule has 8 atom stereocenters. The number of hydrogen-bond donors (Lipinski definition) is 4. The predicted molar refractivity (Wildman–Crippen MR) is 188 cm³/mol. The van der Waals surface area contributed by atoms with Crippen LogP contribution < -0.4 is 5.32 Å². The summed E-state index contributed by atoms with van der Waals surface area (Å²) >= 11 is 0. The van der Waals surface area contributed by atoms with Gasteiger partial charge in [-0.25, -0.2) is 0 Å². The molecule has 2 aliphatic heterocycles. The highest BCUT2D eigenvalue weighted by atomic mass is 16.6. The van der Waals surface area contributed by atoms with Gasteiger partial charge in [0.25, 0.3) is 0 Å². The smallest absolute Gasteiger partial charge is 0.246 e. The van der Waals surface area contributed by atoms with E-state index in [9.17, 15) is 35.0 Å². The van der Waals surface area contributed by atoms with Gasteiger partial charge in [0.2, 0.25) is 17.5 Å². The Morgan fingerprint density at radius 2 is 1.82 bits per heavy atom. The van der Waals surface area contributed by atoms with Crippen molar-refractivity contribution in [3.63, 3.8) is 0 Å². The first-order chi connectivity index (χ1) is 22.7. The minimum Gasteiger partial charge on any atom is -0.490 e. The van der Waals surface area contributed by atoms with Gasteiger partial charge in [-0.1, -0.05) is 75.1 Å². The maximum Gasteiger partial charge on any atom is 0.246 e. The lowest BCUT2D eigenvalue weighted by atomic mass is 9.64. The lowest BCUT2D eigenvalue weighted by Gasteiger charge is -2.58. The van der Waals surface area contributed by atoms with E-state index in [0.717, 1.165) is 0 Å². The highest BCUT2D eigenvalue weighted by molar-refractivity contribution is 5.86. The fourth-order valence-corrected chi connectivity index (χ4v) is 6.69. The Morgan fingerprint density at radius 3 is 2.37 bits per heavy atom. The number of nitro groups is 1. The monoisotopic (exact) mass is 685 g/mol. The number of rotatable bonds is 16. The Kier molecular flexibility index (Phi) is 14.1. The minimum atomic E-state index is -1.62. The van der Waals surface area contributed by atoms with Crippen LogP contribution in [0, 0.1) is 27.4 Å². The Hall–Kier alpha value is -3.84. The number of likely N-dealkylation sites (tertiary alicyclic amines) is 1. The number of hydrogen-bond acceptors (Lipinski definition) is 9. The molecule has 2 rings (SSSR count). The summed E-state index contributed by atoms with van der Waals surface area (Å²) in [7, 11) is 3.11. The lowest BCUT2D eigenvalue weighted by Crippen LogP contribution is -2.76. The van der Waals surface area contributed by atoms with E-state index in [4.69, 9.17) is 9.47 Å². The molecule has 2 heterocycles. The van der Waals surface area contributed by atoms with Gasteiger partial charge in [0.05, 0.1) is 34.6 Å². The first-order valence-corrected chi connectivity index (χ1v) is 16.4. The largest absolute Gasteiger partial charge is 0.490 e. The number of likely N-dealkylation sites (N-methyl/N-ethyl adjacent to an activating group) is 1. The van der Waals surface area contributed by atoms with E-state index in [0.29, 0.717) is 16.9 Å². The van der Waals surface area contributed by atoms with E-state index in [2.05, 4.69) is 11.9 Å². The summed E-state index contributed by atoms with van der Waals surface area (Å²) in [5.41, 5.74) is -2.73. The average molecular weight is 686 g/mol. The van der Waals surface area contributed by atoms with Gasteiger partial charge in [-0.2, -0.15) is 0 Å². The molecule has 1 spiro atoms. The minimum absolute atomic E-state index is 0.0631. The van der Waals surface area contributed by atoms with Crippen molar-refractivity contribution in [2.24, 2.45) is 17.3 Å². The van der Waals surface area contributed by atoms with Crippen LogP contribution in [0.5, 0.6) is 0 Å². The van der Waals surface area contributed by atoms with Crippen molar-refractivity contribution in [1.82, 2.24) is 10.2 Å². The summed E-state index contributed by atoms with van der Waals surface area (Å²) in [6, 6.07) is 0. The topological polar surface area (TPSA) is 172 Å². The molecular formula is C37H55N3O9. The summed E-state index contributed by atoms with van der Waals surface area (Å²) in [5.74, 6) is -1.40. The molecule has 272 valence electrons. The SMILES string of the molecule is C=C1OC(C)C12N(C)C(=O)C(C)C2(O)C(CC(C)C(O)/C=C/C=C/CNC(=O)C(C)(C)C(O)\C(C)=C/C=C\C=C\C(C)=C(/C)[N+](=O)[O-])OC. The highest BCUT2D eigenvalue weighted by Crippen LogP contribution is 2.57. The second kappa shape index (κ2) is 16.7. The van der Waals surface area contributed by atoms with Gasteiger partial charge >= 0.3 is 0 Å². The fourth-order valence-electron chi connectivity index (χ4n) is 6.69. The number of carbonyl (C=O) groups excluding carboxylic acids is 2. The zero-order valence-electron chi connectivity index (χ0n) is 30.5. The number of amides is 2. The Balaban J connectivity index is 1.95. The molecule has 0 radical (unpaired) electrons. The molecule has 2 aliphatic rings. The van der Waals surface area contributed by atoms with Crippen molar-refractivity contribution in [3.05, 3.63) is 94.0 Å². The molecular weight excluding hydrogens is 630 g/mol. The van der Waals surface area contributed by atoms with Crippen molar-refractivity contribution in [1.29, 1.82) is 0 Å². The summed E-state index contributed by atoms with van der Waals surface area (Å²) in [5, 5.41) is 47.5. The molecule has 12 nitrogen and oxygen atoms in total. The molecule has 4 N–H and O–H groups in total. The molecule has 0 aromatic carbocycles. The van der Waals surface area contributed by atoms with E-state index in [1.165, 1.54) is 18.9 Å². The molecule has 2 amide bonds. The van der Waals surface area contributed by atoms with E-state index in [-0.39, 0.29) is 36.4 Å². The van der Waals surface area contributed by atoms with Crippen molar-refractivity contribution in [3.8, 4) is 0 Å². The molecule has 12 heteroatoms. The van der Waals surface area contributed by atoms with Crippen molar-refractivity contribution in [2.45, 2.75) is 97.4 Å². The molecule has 0 aromatic rings. The second-order valence-corrected chi connectivity index (χ2v) is 13.6. The summed E-state index contributed by atoms with van der Waals surface area (Å²) in [6.07, 6.45) is 12.0. The number of aliphatic hydroxyl groups excluding tert-OH is 2. The number of carbonyl (C=O) groups is 2. The predicted octanol–water partition coefficient (Wildman–Crippen LogP) is 4.14. The summed E-state index contributed by atoms with van der Waals surface area (Å²) in [6.45, 7) is 17.5. The van der Waals surface area contributed by atoms with Crippen LogP contribution in [0.25, 0.3) is 0 Å². The number of methoxy groups -OCH3 is 1. The number of nitrogens with one attached hydrogen (secondary N) is 1. The normalized spacial score (nSPS) is 27.9. The Labute approximate surface area is 290 Å².